The third-order valence-corrected chi connectivity index (χ3v) is 7.59. The molecule has 192 valence electrons. The zero-order valence-electron chi connectivity index (χ0n) is 20.9. The number of esters is 1. The molecule has 0 aromatic rings. The first-order valence-electron chi connectivity index (χ1n) is 13.1. The van der Waals surface area contributed by atoms with Gasteiger partial charge in [-0.3, -0.25) is 14.4 Å². The minimum atomic E-state index is -0.967. The molecular formula is C26H42N2O6. The molecular weight excluding hydrogens is 436 g/mol. The van der Waals surface area contributed by atoms with Crippen LogP contribution in [0.15, 0.2) is 12.7 Å². The van der Waals surface area contributed by atoms with Gasteiger partial charge in [0.25, 0.3) is 0 Å². The first-order chi connectivity index (χ1) is 16.5. The molecule has 3 saturated heterocycles. The predicted molar refractivity (Wildman–Crippen MR) is 128 cm³/mol. The van der Waals surface area contributed by atoms with Gasteiger partial charge in [0.15, 0.2) is 0 Å². The number of likely N-dealkylation sites (tertiary alicyclic amines) is 1. The number of nitrogens with zero attached hydrogens (tertiary/aromatic N) is 2. The van der Waals surface area contributed by atoms with Crippen molar-refractivity contribution in [2.75, 3.05) is 32.8 Å². The Morgan fingerprint density at radius 1 is 1.24 bits per heavy atom. The van der Waals surface area contributed by atoms with Gasteiger partial charge in [0, 0.05) is 26.2 Å². The molecule has 2 amide bonds. The van der Waals surface area contributed by atoms with E-state index in [1.165, 1.54) is 0 Å². The molecule has 3 heterocycles. The molecule has 0 aromatic carbocycles. The van der Waals surface area contributed by atoms with Crippen molar-refractivity contribution in [2.24, 2.45) is 11.8 Å². The van der Waals surface area contributed by atoms with E-state index in [-0.39, 0.29) is 31.1 Å². The van der Waals surface area contributed by atoms with Gasteiger partial charge in [-0.25, -0.2) is 0 Å². The van der Waals surface area contributed by atoms with Crippen molar-refractivity contribution >= 4 is 17.8 Å². The van der Waals surface area contributed by atoms with Gasteiger partial charge in [0.2, 0.25) is 11.8 Å². The lowest BCUT2D eigenvalue weighted by Gasteiger charge is -2.36. The number of amides is 2. The number of ether oxygens (including phenoxy) is 2. The number of rotatable bonds is 15. The van der Waals surface area contributed by atoms with Crippen molar-refractivity contribution in [3.05, 3.63) is 12.7 Å². The minimum Gasteiger partial charge on any atom is -0.466 e. The lowest BCUT2D eigenvalue weighted by molar-refractivity contribution is -0.155. The highest BCUT2D eigenvalue weighted by atomic mass is 16.6. The van der Waals surface area contributed by atoms with Crippen LogP contribution in [0.4, 0.5) is 0 Å². The van der Waals surface area contributed by atoms with Crippen LogP contribution < -0.4 is 0 Å². The Balaban J connectivity index is 1.89. The molecule has 3 aliphatic heterocycles. The molecule has 2 bridgehead atoms. The second kappa shape index (κ2) is 12.2. The van der Waals surface area contributed by atoms with E-state index in [0.717, 1.165) is 44.9 Å². The molecule has 3 aliphatic rings. The van der Waals surface area contributed by atoms with Crippen molar-refractivity contribution in [1.29, 1.82) is 0 Å². The average Bonchev–Trinajstić information content (AvgIpc) is 3.46. The van der Waals surface area contributed by atoms with Crippen molar-refractivity contribution < 1.29 is 29.0 Å². The summed E-state index contributed by atoms with van der Waals surface area (Å²) in [7, 11) is 0. The summed E-state index contributed by atoms with van der Waals surface area (Å²) in [6, 6.07) is -0.728. The van der Waals surface area contributed by atoms with Crippen LogP contribution in [0, 0.1) is 11.8 Å². The van der Waals surface area contributed by atoms with Gasteiger partial charge in [-0.15, -0.1) is 6.58 Å². The van der Waals surface area contributed by atoms with Gasteiger partial charge in [-0.05, 0) is 39.0 Å². The van der Waals surface area contributed by atoms with Crippen LogP contribution in [0.2, 0.25) is 0 Å². The molecule has 0 aromatic heterocycles. The Morgan fingerprint density at radius 3 is 2.68 bits per heavy atom. The van der Waals surface area contributed by atoms with E-state index in [4.69, 9.17) is 14.6 Å². The number of hydrogen-bond acceptors (Lipinski definition) is 6. The molecule has 8 heteroatoms. The van der Waals surface area contributed by atoms with Crippen molar-refractivity contribution in [1.82, 2.24) is 9.80 Å². The zero-order chi connectivity index (χ0) is 24.7. The maximum Gasteiger partial charge on any atom is 0.312 e. The zero-order valence-corrected chi connectivity index (χ0v) is 20.9. The number of aliphatic hydroxyl groups excluding tert-OH is 1. The van der Waals surface area contributed by atoms with Gasteiger partial charge in [0.05, 0.1) is 24.5 Å². The Morgan fingerprint density at radius 2 is 2.00 bits per heavy atom. The molecule has 3 rings (SSSR count). The van der Waals surface area contributed by atoms with Crippen molar-refractivity contribution in [2.45, 2.75) is 89.4 Å². The Labute approximate surface area is 203 Å². The molecule has 3 fully saturated rings. The molecule has 0 aliphatic carbocycles. The normalized spacial score (nSPS) is 29.4. The largest absolute Gasteiger partial charge is 0.466 e. The van der Waals surface area contributed by atoms with E-state index in [0.29, 0.717) is 32.5 Å². The number of carbonyl (C=O) groups excluding carboxylic acids is 3. The van der Waals surface area contributed by atoms with E-state index in [1.807, 2.05) is 0 Å². The topological polar surface area (TPSA) is 96.4 Å². The number of fused-ring (bicyclic) bond motifs is 1. The lowest BCUT2D eigenvalue weighted by atomic mass is 9.70. The fraction of sp³-hybridized carbons (Fsp3) is 0.808. The van der Waals surface area contributed by atoms with E-state index >= 15 is 0 Å². The number of carbonyl (C=O) groups is 3. The van der Waals surface area contributed by atoms with Crippen LogP contribution >= 0.6 is 0 Å². The first kappa shape index (κ1) is 26.7. The third-order valence-electron chi connectivity index (χ3n) is 7.59. The SMILES string of the molecule is C=CCN(CCCCC)C(=O)[C@H]1N(CCCCCCO)C(=O)[C@@H]2[C@@H](C(=O)OCC)[C@H]3CC[C@]21O3. The molecule has 1 N–H and O–H groups in total. The van der Waals surface area contributed by atoms with Crippen LogP contribution in [-0.4, -0.2) is 83.3 Å². The van der Waals surface area contributed by atoms with Crippen LogP contribution in [0.25, 0.3) is 0 Å². The van der Waals surface area contributed by atoms with E-state index in [9.17, 15) is 14.4 Å². The standard InChI is InChI=1S/C26H42N2O6/c1-4-7-10-16-27(15-5-2)24(31)22-26-14-13-19(34-26)20(25(32)33-6-3)21(26)23(30)28(22)17-11-8-9-12-18-29/h5,19-22,29H,2,4,6-18H2,1,3H3/t19-,20+,21+,22-,26+/m1/s1. The highest BCUT2D eigenvalue weighted by Crippen LogP contribution is 2.58. The average molecular weight is 479 g/mol. The minimum absolute atomic E-state index is 0.104. The van der Waals surface area contributed by atoms with Gasteiger partial charge in [0.1, 0.15) is 11.6 Å². The number of aliphatic hydroxyl groups is 1. The first-order valence-corrected chi connectivity index (χ1v) is 13.1. The fourth-order valence-corrected chi connectivity index (χ4v) is 6.10. The number of hydrogen-bond donors (Lipinski definition) is 1. The van der Waals surface area contributed by atoms with E-state index in [2.05, 4.69) is 13.5 Å². The monoisotopic (exact) mass is 478 g/mol. The summed E-state index contributed by atoms with van der Waals surface area (Å²) in [5, 5.41) is 9.06. The van der Waals surface area contributed by atoms with E-state index < -0.39 is 29.4 Å². The predicted octanol–water partition coefficient (Wildman–Crippen LogP) is 2.68. The Bertz CT molecular complexity index is 743. The molecule has 1 spiro atoms. The highest BCUT2D eigenvalue weighted by molar-refractivity contribution is 5.98. The highest BCUT2D eigenvalue weighted by Gasteiger charge is 2.74. The second-order valence-electron chi connectivity index (χ2n) is 9.76. The quantitative estimate of drug-likeness (QED) is 0.221. The van der Waals surface area contributed by atoms with Gasteiger partial charge >= 0.3 is 5.97 Å². The fourth-order valence-electron chi connectivity index (χ4n) is 6.10. The smallest absolute Gasteiger partial charge is 0.312 e. The maximum absolute atomic E-state index is 14.0. The molecule has 5 atom stereocenters. The van der Waals surface area contributed by atoms with E-state index in [1.54, 1.807) is 22.8 Å². The lowest BCUT2D eigenvalue weighted by Crippen LogP contribution is -2.56. The summed E-state index contributed by atoms with van der Waals surface area (Å²) in [6.45, 7) is 9.58. The van der Waals surface area contributed by atoms with Crippen molar-refractivity contribution in [3.63, 3.8) is 0 Å². The summed E-state index contributed by atoms with van der Waals surface area (Å²) in [4.78, 5) is 44.1. The molecule has 0 unspecified atom stereocenters. The summed E-state index contributed by atoms with van der Waals surface area (Å²) >= 11 is 0. The molecule has 0 radical (unpaired) electrons. The van der Waals surface area contributed by atoms with Crippen molar-refractivity contribution in [3.8, 4) is 0 Å². The summed E-state index contributed by atoms with van der Waals surface area (Å²) in [6.07, 6.45) is 8.76. The summed E-state index contributed by atoms with van der Waals surface area (Å²) in [5.41, 5.74) is -0.967. The Kier molecular flexibility index (Phi) is 9.54. The molecule has 34 heavy (non-hydrogen) atoms. The van der Waals surface area contributed by atoms with Gasteiger partial charge < -0.3 is 24.4 Å². The van der Waals surface area contributed by atoms with Gasteiger partial charge in [-0.1, -0.05) is 38.7 Å². The second-order valence-corrected chi connectivity index (χ2v) is 9.76. The van der Waals surface area contributed by atoms with Crippen LogP contribution in [0.5, 0.6) is 0 Å². The van der Waals surface area contributed by atoms with Crippen LogP contribution in [0.3, 0.4) is 0 Å². The van der Waals surface area contributed by atoms with Crippen LogP contribution in [-0.2, 0) is 23.9 Å². The van der Waals surface area contributed by atoms with Crippen LogP contribution in [0.1, 0.15) is 71.6 Å². The molecule has 8 nitrogen and oxygen atoms in total. The third kappa shape index (κ3) is 5.03. The Hall–Kier alpha value is -1.93. The maximum atomic E-state index is 14.0. The summed E-state index contributed by atoms with van der Waals surface area (Å²) < 4.78 is 11.7. The van der Waals surface area contributed by atoms with Gasteiger partial charge in [-0.2, -0.15) is 0 Å². The number of unbranched alkanes of at least 4 members (excludes halogenated alkanes) is 5. The summed E-state index contributed by atoms with van der Waals surface area (Å²) in [5.74, 6) is -1.98. The molecule has 0 saturated carbocycles.